The molecule has 138 valence electrons. The number of hydrogen-bond donors (Lipinski definition) is 2. The highest BCUT2D eigenvalue weighted by molar-refractivity contribution is 7.99. The van der Waals surface area contributed by atoms with Crippen LogP contribution in [-0.2, 0) is 9.59 Å². The lowest BCUT2D eigenvalue weighted by molar-refractivity contribution is -0.137. The molecule has 24 heavy (non-hydrogen) atoms. The number of aliphatic hydroxyl groups excluding tert-OH is 1. The highest BCUT2D eigenvalue weighted by atomic mass is 32.2. The van der Waals surface area contributed by atoms with Crippen LogP contribution in [0, 0.1) is 0 Å². The molecule has 0 aromatic carbocycles. The van der Waals surface area contributed by atoms with Crippen LogP contribution >= 0.6 is 11.8 Å². The lowest BCUT2D eigenvalue weighted by Crippen LogP contribution is -2.34. The smallest absolute Gasteiger partial charge is 0.303 e. The zero-order chi connectivity index (χ0) is 17.8. The molecule has 1 aliphatic heterocycles. The van der Waals surface area contributed by atoms with Crippen molar-refractivity contribution >= 4 is 23.6 Å². The summed E-state index contributed by atoms with van der Waals surface area (Å²) in [6.45, 7) is 2.83. The van der Waals surface area contributed by atoms with Gasteiger partial charge in [0.2, 0.25) is 5.91 Å². The van der Waals surface area contributed by atoms with Crippen LogP contribution in [0.1, 0.15) is 58.3 Å². The summed E-state index contributed by atoms with van der Waals surface area (Å²) in [4.78, 5) is 24.3. The first-order valence-corrected chi connectivity index (χ1v) is 10.2. The van der Waals surface area contributed by atoms with E-state index >= 15 is 0 Å². The molecule has 1 heterocycles. The van der Waals surface area contributed by atoms with Crippen molar-refractivity contribution in [1.82, 2.24) is 4.90 Å². The molecule has 6 heteroatoms. The average molecular weight is 358 g/mol. The largest absolute Gasteiger partial charge is 0.481 e. The van der Waals surface area contributed by atoms with Crippen molar-refractivity contribution < 1.29 is 19.8 Å². The van der Waals surface area contributed by atoms with Gasteiger partial charge in [0.25, 0.3) is 0 Å². The first-order chi connectivity index (χ1) is 11.5. The number of aliphatic hydroxyl groups is 1. The fourth-order valence-electron chi connectivity index (χ4n) is 2.79. The molecule has 0 spiro atoms. The van der Waals surface area contributed by atoms with Crippen molar-refractivity contribution in [3.8, 4) is 0 Å². The second-order valence-corrected chi connectivity index (χ2v) is 7.48. The van der Waals surface area contributed by atoms with E-state index in [-0.39, 0.29) is 18.4 Å². The minimum absolute atomic E-state index is 0.0953. The first kappa shape index (κ1) is 21.0. The monoisotopic (exact) mass is 357 g/mol. The lowest BCUT2D eigenvalue weighted by atomic mass is 10.1. The van der Waals surface area contributed by atoms with E-state index in [1.807, 2.05) is 17.1 Å². The van der Waals surface area contributed by atoms with E-state index in [2.05, 4.69) is 6.92 Å². The maximum atomic E-state index is 12.0. The number of likely N-dealkylation sites (tertiary alicyclic amines) is 1. The lowest BCUT2D eigenvalue weighted by Gasteiger charge is -2.22. The third-order valence-electron chi connectivity index (χ3n) is 4.19. The highest BCUT2D eigenvalue weighted by Crippen LogP contribution is 2.21. The van der Waals surface area contributed by atoms with Crippen LogP contribution in [0.4, 0.5) is 0 Å². The van der Waals surface area contributed by atoms with E-state index in [9.17, 15) is 14.7 Å². The third kappa shape index (κ3) is 8.73. The Kier molecular flexibility index (Phi) is 10.8. The Labute approximate surface area is 149 Å². The van der Waals surface area contributed by atoms with E-state index < -0.39 is 12.1 Å². The number of nitrogens with zero attached hydrogens (tertiary/aromatic N) is 1. The summed E-state index contributed by atoms with van der Waals surface area (Å²) in [6.07, 6.45) is 9.77. The Morgan fingerprint density at radius 3 is 2.88 bits per heavy atom. The number of rotatable bonds is 13. The number of amides is 1. The molecule has 1 aliphatic rings. The van der Waals surface area contributed by atoms with Gasteiger partial charge in [-0.1, -0.05) is 38.3 Å². The number of carboxylic acid groups (broad SMARTS) is 1. The Hall–Kier alpha value is -1.01. The molecule has 0 bridgehead atoms. The Balaban J connectivity index is 2.28. The SMILES string of the molecule is CCCCC[C@H](O)C=C[C@H]1CCC(=O)N1CCSCCCC(=O)O. The highest BCUT2D eigenvalue weighted by Gasteiger charge is 2.28. The molecule has 0 saturated carbocycles. The molecular weight excluding hydrogens is 326 g/mol. The predicted molar refractivity (Wildman–Crippen MR) is 98.2 cm³/mol. The van der Waals surface area contributed by atoms with Crippen LogP contribution in [0.5, 0.6) is 0 Å². The molecule has 0 aliphatic carbocycles. The average Bonchev–Trinajstić information content (AvgIpc) is 2.89. The van der Waals surface area contributed by atoms with Gasteiger partial charge < -0.3 is 15.1 Å². The molecule has 1 fully saturated rings. The van der Waals surface area contributed by atoms with Crippen LogP contribution < -0.4 is 0 Å². The molecule has 2 atom stereocenters. The number of hydrogen-bond acceptors (Lipinski definition) is 4. The number of thioether (sulfide) groups is 1. The van der Waals surface area contributed by atoms with Crippen LogP contribution in [0.25, 0.3) is 0 Å². The summed E-state index contributed by atoms with van der Waals surface area (Å²) >= 11 is 1.69. The zero-order valence-corrected chi connectivity index (χ0v) is 15.5. The molecule has 1 amide bonds. The maximum Gasteiger partial charge on any atom is 0.303 e. The van der Waals surface area contributed by atoms with Gasteiger partial charge in [0, 0.05) is 25.1 Å². The van der Waals surface area contributed by atoms with Gasteiger partial charge in [-0.05, 0) is 25.0 Å². The third-order valence-corrected chi connectivity index (χ3v) is 5.24. The molecule has 0 radical (unpaired) electrons. The molecule has 0 unspecified atom stereocenters. The number of unbranched alkanes of at least 4 members (excludes halogenated alkanes) is 2. The van der Waals surface area contributed by atoms with Crippen molar-refractivity contribution in [2.75, 3.05) is 18.1 Å². The molecule has 1 rings (SSSR count). The number of carboxylic acids is 1. The van der Waals surface area contributed by atoms with Gasteiger partial charge in [-0.3, -0.25) is 9.59 Å². The minimum atomic E-state index is -0.756. The molecule has 0 aromatic rings. The summed E-state index contributed by atoms with van der Waals surface area (Å²) in [5, 5.41) is 18.6. The van der Waals surface area contributed by atoms with Gasteiger partial charge >= 0.3 is 5.97 Å². The van der Waals surface area contributed by atoms with Gasteiger partial charge in [-0.15, -0.1) is 0 Å². The van der Waals surface area contributed by atoms with Crippen molar-refractivity contribution in [3.63, 3.8) is 0 Å². The van der Waals surface area contributed by atoms with Gasteiger partial charge in [-0.25, -0.2) is 0 Å². The standard InChI is InChI=1S/C18H31NO4S/c1-2-3-4-6-16(20)10-8-15-9-11-17(21)19(15)12-14-24-13-5-7-18(22)23/h8,10,15-16,20H,2-7,9,11-14H2,1H3,(H,22,23)/t15-,16-/m0/s1. The fraction of sp³-hybridized carbons (Fsp3) is 0.778. The summed E-state index contributed by atoms with van der Waals surface area (Å²) in [6, 6.07) is 0.0953. The van der Waals surface area contributed by atoms with E-state index in [4.69, 9.17) is 5.11 Å². The van der Waals surface area contributed by atoms with Gasteiger partial charge in [0.1, 0.15) is 0 Å². The van der Waals surface area contributed by atoms with Gasteiger partial charge in [0.15, 0.2) is 0 Å². The Bertz CT molecular complexity index is 414. The predicted octanol–water partition coefficient (Wildman–Crippen LogP) is 3.07. The fourth-order valence-corrected chi connectivity index (χ4v) is 3.67. The van der Waals surface area contributed by atoms with Crippen molar-refractivity contribution in [2.45, 2.75) is 70.4 Å². The second kappa shape index (κ2) is 12.4. The summed E-state index contributed by atoms with van der Waals surface area (Å²) in [7, 11) is 0. The molecule has 2 N–H and O–H groups in total. The summed E-state index contributed by atoms with van der Waals surface area (Å²) < 4.78 is 0. The molecular formula is C18H31NO4S. The second-order valence-electron chi connectivity index (χ2n) is 6.25. The van der Waals surface area contributed by atoms with E-state index in [0.717, 1.165) is 43.6 Å². The normalized spacial score (nSPS) is 19.3. The van der Waals surface area contributed by atoms with Crippen LogP contribution in [0.3, 0.4) is 0 Å². The van der Waals surface area contributed by atoms with Gasteiger partial charge in [0.05, 0.1) is 12.1 Å². The van der Waals surface area contributed by atoms with E-state index in [0.29, 0.717) is 19.4 Å². The Morgan fingerprint density at radius 1 is 1.38 bits per heavy atom. The van der Waals surface area contributed by atoms with E-state index in [1.165, 1.54) is 0 Å². The van der Waals surface area contributed by atoms with Gasteiger partial charge in [-0.2, -0.15) is 11.8 Å². The van der Waals surface area contributed by atoms with E-state index in [1.54, 1.807) is 11.8 Å². The molecule has 5 nitrogen and oxygen atoms in total. The van der Waals surface area contributed by atoms with Crippen LogP contribution in [-0.4, -0.2) is 57.2 Å². The summed E-state index contributed by atoms with van der Waals surface area (Å²) in [5.74, 6) is 1.06. The number of carbonyl (C=O) groups is 2. The Morgan fingerprint density at radius 2 is 2.17 bits per heavy atom. The minimum Gasteiger partial charge on any atom is -0.481 e. The molecule has 1 saturated heterocycles. The maximum absolute atomic E-state index is 12.0. The summed E-state index contributed by atoms with van der Waals surface area (Å²) in [5.41, 5.74) is 0. The number of aliphatic carboxylic acids is 1. The quantitative estimate of drug-likeness (QED) is 0.391. The van der Waals surface area contributed by atoms with Crippen molar-refractivity contribution in [2.24, 2.45) is 0 Å². The number of carbonyl (C=O) groups excluding carboxylic acids is 1. The topological polar surface area (TPSA) is 77.8 Å². The van der Waals surface area contributed by atoms with Crippen molar-refractivity contribution in [3.05, 3.63) is 12.2 Å². The van der Waals surface area contributed by atoms with Crippen LogP contribution in [0.15, 0.2) is 12.2 Å². The van der Waals surface area contributed by atoms with Crippen LogP contribution in [0.2, 0.25) is 0 Å². The zero-order valence-electron chi connectivity index (χ0n) is 14.7. The first-order valence-electron chi connectivity index (χ1n) is 9.00. The van der Waals surface area contributed by atoms with Crippen molar-refractivity contribution in [1.29, 1.82) is 0 Å². The molecule has 0 aromatic heterocycles.